The van der Waals surface area contributed by atoms with E-state index >= 15 is 0 Å². The molecule has 0 bridgehead atoms. The normalized spacial score (nSPS) is 17.6. The summed E-state index contributed by atoms with van der Waals surface area (Å²) >= 11 is 0. The second-order valence-corrected chi connectivity index (χ2v) is 8.87. The SMILES string of the molecule is CC(C)Oc1ccc(C(O)=C2C(=O)C(=O)N(c3ccccn3)[C@@H]2c2ccc(C(C)C)cc2)cc1. The third-order valence-corrected chi connectivity index (χ3v) is 5.76. The fourth-order valence-corrected chi connectivity index (χ4v) is 4.06. The van der Waals surface area contributed by atoms with Gasteiger partial charge in [0.1, 0.15) is 17.3 Å². The number of benzene rings is 2. The number of Topliss-reactive ketones (excluding diaryl/α,β-unsaturated/α-hetero) is 1. The Morgan fingerprint density at radius 2 is 1.62 bits per heavy atom. The summed E-state index contributed by atoms with van der Waals surface area (Å²) in [6, 6.07) is 19.0. The van der Waals surface area contributed by atoms with Gasteiger partial charge in [-0.25, -0.2) is 4.98 Å². The standard InChI is InChI=1S/C28H28N2O4/c1-17(2)19-8-10-20(11-9-19)25-24(26(31)21-12-14-22(15-13-21)34-18(3)4)27(32)28(33)30(25)23-7-5-6-16-29-23/h5-18,25,31H,1-4H3/t25-/m1/s1. The van der Waals surface area contributed by atoms with E-state index in [2.05, 4.69) is 18.8 Å². The van der Waals surface area contributed by atoms with Crippen molar-refractivity contribution < 1.29 is 19.4 Å². The molecule has 2 aromatic carbocycles. The van der Waals surface area contributed by atoms with E-state index in [1.165, 1.54) is 4.90 Å². The van der Waals surface area contributed by atoms with E-state index in [9.17, 15) is 14.7 Å². The van der Waals surface area contributed by atoms with Crippen LogP contribution in [0.5, 0.6) is 5.75 Å². The predicted octanol–water partition coefficient (Wildman–Crippen LogP) is 5.62. The molecule has 174 valence electrons. The van der Waals surface area contributed by atoms with Gasteiger partial charge in [-0.15, -0.1) is 0 Å². The monoisotopic (exact) mass is 456 g/mol. The average molecular weight is 457 g/mol. The fraction of sp³-hybridized carbons (Fsp3) is 0.250. The van der Waals surface area contributed by atoms with E-state index in [1.54, 1.807) is 48.7 Å². The van der Waals surface area contributed by atoms with Crippen molar-refractivity contribution in [1.29, 1.82) is 0 Å². The van der Waals surface area contributed by atoms with Gasteiger partial charge in [-0.2, -0.15) is 0 Å². The molecule has 4 rings (SSSR count). The first kappa shape index (κ1) is 23.2. The van der Waals surface area contributed by atoms with Gasteiger partial charge in [-0.05, 0) is 67.3 Å². The van der Waals surface area contributed by atoms with Crippen LogP contribution in [0.3, 0.4) is 0 Å². The molecule has 6 nitrogen and oxygen atoms in total. The zero-order valence-electron chi connectivity index (χ0n) is 19.7. The number of aliphatic hydroxyl groups excluding tert-OH is 1. The Bertz CT molecular complexity index is 1210. The average Bonchev–Trinajstić information content (AvgIpc) is 3.09. The van der Waals surface area contributed by atoms with E-state index < -0.39 is 17.7 Å². The highest BCUT2D eigenvalue weighted by molar-refractivity contribution is 6.51. The molecule has 0 radical (unpaired) electrons. The molecule has 1 fully saturated rings. The summed E-state index contributed by atoms with van der Waals surface area (Å²) in [6.45, 7) is 8.05. The highest BCUT2D eigenvalue weighted by Gasteiger charge is 2.47. The van der Waals surface area contributed by atoms with Gasteiger partial charge in [-0.3, -0.25) is 14.5 Å². The molecule has 6 heteroatoms. The van der Waals surface area contributed by atoms with Crippen LogP contribution < -0.4 is 9.64 Å². The number of aliphatic hydroxyl groups is 1. The van der Waals surface area contributed by atoms with Gasteiger partial charge >= 0.3 is 5.91 Å². The lowest BCUT2D eigenvalue weighted by atomic mass is 9.93. The summed E-state index contributed by atoms with van der Waals surface area (Å²) in [7, 11) is 0. The van der Waals surface area contributed by atoms with Crippen LogP contribution in [0.25, 0.3) is 5.76 Å². The molecular formula is C28H28N2O4. The molecular weight excluding hydrogens is 428 g/mol. The summed E-state index contributed by atoms with van der Waals surface area (Å²) in [4.78, 5) is 32.0. The molecule has 1 aliphatic rings. The van der Waals surface area contributed by atoms with Crippen LogP contribution in [0.1, 0.15) is 56.3 Å². The van der Waals surface area contributed by atoms with Crippen LogP contribution in [0, 0.1) is 0 Å². The summed E-state index contributed by atoms with van der Waals surface area (Å²) < 4.78 is 5.67. The molecule has 1 atom stereocenters. The van der Waals surface area contributed by atoms with Crippen molar-refractivity contribution >= 4 is 23.3 Å². The molecule has 1 saturated heterocycles. The second kappa shape index (κ2) is 9.51. The number of hydrogen-bond acceptors (Lipinski definition) is 5. The number of ether oxygens (including phenoxy) is 1. The Hall–Kier alpha value is -3.93. The van der Waals surface area contributed by atoms with Crippen molar-refractivity contribution in [3.63, 3.8) is 0 Å². The van der Waals surface area contributed by atoms with Crippen LogP contribution in [0.15, 0.2) is 78.5 Å². The maximum atomic E-state index is 13.2. The van der Waals surface area contributed by atoms with Crippen molar-refractivity contribution in [2.75, 3.05) is 4.90 Å². The number of nitrogens with zero attached hydrogens (tertiary/aromatic N) is 2. The molecule has 3 aromatic rings. The highest BCUT2D eigenvalue weighted by Crippen LogP contribution is 2.41. The zero-order chi connectivity index (χ0) is 24.4. The molecule has 0 saturated carbocycles. The van der Waals surface area contributed by atoms with Crippen LogP contribution in [-0.4, -0.2) is 27.9 Å². The molecule has 1 N–H and O–H groups in total. The molecule has 0 aliphatic carbocycles. The quantitative estimate of drug-likeness (QED) is 0.296. The van der Waals surface area contributed by atoms with Gasteiger partial charge < -0.3 is 9.84 Å². The molecule has 1 aliphatic heterocycles. The summed E-state index contributed by atoms with van der Waals surface area (Å²) in [5.74, 6) is -0.362. The number of anilines is 1. The number of amides is 1. The number of hydrogen-bond donors (Lipinski definition) is 1. The van der Waals surface area contributed by atoms with Crippen LogP contribution >= 0.6 is 0 Å². The number of pyridine rings is 1. The van der Waals surface area contributed by atoms with Gasteiger partial charge in [0.15, 0.2) is 0 Å². The summed E-state index contributed by atoms with van der Waals surface area (Å²) in [5.41, 5.74) is 2.32. The van der Waals surface area contributed by atoms with E-state index in [1.807, 2.05) is 38.1 Å². The number of ketones is 1. The van der Waals surface area contributed by atoms with Crippen molar-refractivity contribution in [3.05, 3.63) is 95.2 Å². The van der Waals surface area contributed by atoms with Crippen LogP contribution in [0.2, 0.25) is 0 Å². The maximum Gasteiger partial charge on any atom is 0.301 e. The molecule has 0 spiro atoms. The van der Waals surface area contributed by atoms with Gasteiger partial charge in [-0.1, -0.05) is 44.2 Å². The Labute approximate surface area is 199 Å². The smallest absolute Gasteiger partial charge is 0.301 e. The molecule has 1 aromatic heterocycles. The third-order valence-electron chi connectivity index (χ3n) is 5.76. The minimum Gasteiger partial charge on any atom is -0.507 e. The Morgan fingerprint density at radius 3 is 2.18 bits per heavy atom. The number of rotatable bonds is 6. The molecule has 0 unspecified atom stereocenters. The van der Waals surface area contributed by atoms with Crippen molar-refractivity contribution in [1.82, 2.24) is 4.98 Å². The van der Waals surface area contributed by atoms with Gasteiger partial charge in [0, 0.05) is 11.8 Å². The minimum absolute atomic E-state index is 0.0111. The topological polar surface area (TPSA) is 79.7 Å². The number of carbonyl (C=O) groups excluding carboxylic acids is 2. The lowest BCUT2D eigenvalue weighted by Crippen LogP contribution is -2.30. The molecule has 34 heavy (non-hydrogen) atoms. The highest BCUT2D eigenvalue weighted by atomic mass is 16.5. The largest absolute Gasteiger partial charge is 0.507 e. The van der Waals surface area contributed by atoms with Gasteiger partial charge in [0.05, 0.1) is 17.7 Å². The van der Waals surface area contributed by atoms with Crippen molar-refractivity contribution in [2.24, 2.45) is 0 Å². The van der Waals surface area contributed by atoms with Gasteiger partial charge in [0.2, 0.25) is 0 Å². The Kier molecular flexibility index (Phi) is 6.50. The van der Waals surface area contributed by atoms with Crippen LogP contribution in [-0.2, 0) is 9.59 Å². The molecule has 1 amide bonds. The van der Waals surface area contributed by atoms with Gasteiger partial charge in [0.25, 0.3) is 5.78 Å². The lowest BCUT2D eigenvalue weighted by Gasteiger charge is -2.24. The number of aromatic nitrogens is 1. The first-order valence-corrected chi connectivity index (χ1v) is 11.4. The fourth-order valence-electron chi connectivity index (χ4n) is 4.06. The Balaban J connectivity index is 1.85. The first-order valence-electron chi connectivity index (χ1n) is 11.4. The molecule has 2 heterocycles. The zero-order valence-corrected chi connectivity index (χ0v) is 19.7. The summed E-state index contributed by atoms with van der Waals surface area (Å²) in [5, 5.41) is 11.2. The number of carbonyl (C=O) groups is 2. The first-order chi connectivity index (χ1) is 16.3. The second-order valence-electron chi connectivity index (χ2n) is 8.87. The summed E-state index contributed by atoms with van der Waals surface area (Å²) in [6.07, 6.45) is 1.58. The Morgan fingerprint density at radius 1 is 0.941 bits per heavy atom. The van der Waals surface area contributed by atoms with E-state index in [0.717, 1.165) is 11.1 Å². The van der Waals surface area contributed by atoms with E-state index in [0.29, 0.717) is 23.0 Å². The predicted molar refractivity (Wildman–Crippen MR) is 132 cm³/mol. The van der Waals surface area contributed by atoms with Crippen molar-refractivity contribution in [3.8, 4) is 5.75 Å². The van der Waals surface area contributed by atoms with E-state index in [-0.39, 0.29) is 17.4 Å². The van der Waals surface area contributed by atoms with E-state index in [4.69, 9.17) is 4.74 Å². The third kappa shape index (κ3) is 4.44. The minimum atomic E-state index is -0.803. The van der Waals surface area contributed by atoms with Crippen molar-refractivity contribution in [2.45, 2.75) is 45.8 Å². The maximum absolute atomic E-state index is 13.2. The van der Waals surface area contributed by atoms with Crippen LogP contribution in [0.4, 0.5) is 5.82 Å². The lowest BCUT2D eigenvalue weighted by molar-refractivity contribution is -0.132.